The molecule has 6 heteroatoms. The number of rotatable bonds is 6. The molecule has 4 nitrogen and oxygen atoms in total. The van der Waals surface area contributed by atoms with E-state index >= 15 is 0 Å². The van der Waals surface area contributed by atoms with Gasteiger partial charge in [0.05, 0.1) is 24.9 Å². The summed E-state index contributed by atoms with van der Waals surface area (Å²) in [6.45, 7) is -3.18. The van der Waals surface area contributed by atoms with E-state index < -0.39 is 12.7 Å². The van der Waals surface area contributed by atoms with Gasteiger partial charge in [-0.1, -0.05) is 18.2 Å². The van der Waals surface area contributed by atoms with Crippen molar-refractivity contribution < 1.29 is 28.1 Å². The molecule has 3 unspecified atom stereocenters. The highest BCUT2D eigenvalue weighted by Crippen LogP contribution is 2.37. The minimum absolute atomic E-state index is 0.0250. The molecule has 0 aliphatic carbocycles. The Kier molecular flexibility index (Phi) is 4.90. The van der Waals surface area contributed by atoms with Crippen molar-refractivity contribution in [3.8, 4) is 5.75 Å². The van der Waals surface area contributed by atoms with E-state index in [0.29, 0.717) is 5.56 Å². The molecule has 2 fully saturated rings. The molecular formula is C16H20F2O4. The van der Waals surface area contributed by atoms with E-state index in [1.807, 2.05) is 0 Å². The van der Waals surface area contributed by atoms with Crippen LogP contribution in [-0.4, -0.2) is 36.6 Å². The number of halogens is 2. The number of ether oxygens (including phenoxy) is 3. The standard InChI is InChI=1S/C16H20F2O4/c17-16(18)22-14-4-2-1-3-13(14)15(9-19)21-12-7-10-5-6-11(8-12)20-10/h1-4,10-12,15-16,19H,5-9H2. The molecular weight excluding hydrogens is 294 g/mol. The normalized spacial score (nSPS) is 28.8. The van der Waals surface area contributed by atoms with Crippen LogP contribution in [0.25, 0.3) is 0 Å². The summed E-state index contributed by atoms with van der Waals surface area (Å²) in [4.78, 5) is 0. The van der Waals surface area contributed by atoms with Crippen LogP contribution in [0, 0.1) is 0 Å². The Balaban J connectivity index is 1.71. The van der Waals surface area contributed by atoms with Crippen molar-refractivity contribution in [2.24, 2.45) is 0 Å². The topological polar surface area (TPSA) is 47.9 Å². The fraction of sp³-hybridized carbons (Fsp3) is 0.625. The molecule has 2 heterocycles. The molecule has 3 rings (SSSR count). The number of hydrogen-bond acceptors (Lipinski definition) is 4. The maximum atomic E-state index is 12.5. The molecule has 1 N–H and O–H groups in total. The van der Waals surface area contributed by atoms with Crippen LogP contribution in [0.4, 0.5) is 8.78 Å². The lowest BCUT2D eigenvalue weighted by Gasteiger charge is -2.31. The predicted octanol–water partition coefficient (Wildman–Crippen LogP) is 3.05. The molecule has 0 radical (unpaired) electrons. The van der Waals surface area contributed by atoms with Gasteiger partial charge >= 0.3 is 6.61 Å². The van der Waals surface area contributed by atoms with E-state index in [0.717, 1.165) is 25.7 Å². The van der Waals surface area contributed by atoms with Crippen LogP contribution in [0.2, 0.25) is 0 Å². The molecule has 122 valence electrons. The van der Waals surface area contributed by atoms with Gasteiger partial charge in [-0.05, 0) is 31.7 Å². The van der Waals surface area contributed by atoms with E-state index in [1.165, 1.54) is 6.07 Å². The number of para-hydroxylation sites is 1. The van der Waals surface area contributed by atoms with Crippen LogP contribution in [0.15, 0.2) is 24.3 Å². The van der Waals surface area contributed by atoms with Crippen molar-refractivity contribution in [1.82, 2.24) is 0 Å². The molecule has 2 aliphatic heterocycles. The van der Waals surface area contributed by atoms with Crippen molar-refractivity contribution in [3.05, 3.63) is 29.8 Å². The number of fused-ring (bicyclic) bond motifs is 2. The van der Waals surface area contributed by atoms with Crippen molar-refractivity contribution in [2.75, 3.05) is 6.61 Å². The summed E-state index contributed by atoms with van der Waals surface area (Å²) in [6.07, 6.45) is 3.39. The van der Waals surface area contributed by atoms with E-state index in [-0.39, 0.29) is 30.7 Å². The average molecular weight is 314 g/mol. The zero-order chi connectivity index (χ0) is 15.5. The number of aliphatic hydroxyl groups excluding tert-OH is 1. The fourth-order valence-electron chi connectivity index (χ4n) is 3.32. The number of benzene rings is 1. The first kappa shape index (κ1) is 15.6. The molecule has 2 aliphatic rings. The first-order valence-corrected chi connectivity index (χ1v) is 7.61. The first-order chi connectivity index (χ1) is 10.7. The number of alkyl halides is 2. The van der Waals surface area contributed by atoms with Gasteiger partial charge in [0.1, 0.15) is 11.9 Å². The summed E-state index contributed by atoms with van der Waals surface area (Å²) in [5.41, 5.74) is 0.448. The summed E-state index contributed by atoms with van der Waals surface area (Å²) in [5.74, 6) is 0.0478. The van der Waals surface area contributed by atoms with Crippen LogP contribution in [0.3, 0.4) is 0 Å². The monoisotopic (exact) mass is 314 g/mol. The smallest absolute Gasteiger partial charge is 0.387 e. The Morgan fingerprint density at radius 3 is 2.50 bits per heavy atom. The maximum Gasteiger partial charge on any atom is 0.387 e. The molecule has 2 saturated heterocycles. The summed E-state index contributed by atoms with van der Waals surface area (Å²) < 4.78 is 41.2. The predicted molar refractivity (Wildman–Crippen MR) is 74.9 cm³/mol. The lowest BCUT2D eigenvalue weighted by atomic mass is 10.0. The van der Waals surface area contributed by atoms with Gasteiger partial charge in [0, 0.05) is 5.56 Å². The minimum atomic E-state index is -2.90. The van der Waals surface area contributed by atoms with E-state index in [1.54, 1.807) is 18.2 Å². The molecule has 3 atom stereocenters. The molecule has 22 heavy (non-hydrogen) atoms. The summed E-state index contributed by atoms with van der Waals surface area (Å²) in [7, 11) is 0. The second-order valence-corrected chi connectivity index (χ2v) is 5.77. The minimum Gasteiger partial charge on any atom is -0.434 e. The van der Waals surface area contributed by atoms with Crippen molar-refractivity contribution in [3.63, 3.8) is 0 Å². The molecule has 1 aromatic rings. The Hall–Kier alpha value is -1.24. The Bertz CT molecular complexity index is 485. The molecule has 0 aromatic heterocycles. The fourth-order valence-corrected chi connectivity index (χ4v) is 3.32. The van der Waals surface area contributed by atoms with Crippen LogP contribution in [-0.2, 0) is 9.47 Å². The second-order valence-electron chi connectivity index (χ2n) is 5.77. The zero-order valence-electron chi connectivity index (χ0n) is 12.2. The van der Waals surface area contributed by atoms with Gasteiger partial charge in [0.2, 0.25) is 0 Å². The third-order valence-corrected chi connectivity index (χ3v) is 4.25. The molecule has 0 amide bonds. The van der Waals surface area contributed by atoms with Gasteiger partial charge in [0.25, 0.3) is 0 Å². The van der Waals surface area contributed by atoms with Gasteiger partial charge in [-0.25, -0.2) is 0 Å². The van der Waals surface area contributed by atoms with Crippen molar-refractivity contribution in [2.45, 2.75) is 56.7 Å². The van der Waals surface area contributed by atoms with Gasteiger partial charge < -0.3 is 19.3 Å². The number of hydrogen-bond donors (Lipinski definition) is 1. The van der Waals surface area contributed by atoms with E-state index in [2.05, 4.69) is 4.74 Å². The van der Waals surface area contributed by atoms with Gasteiger partial charge in [-0.2, -0.15) is 8.78 Å². The highest BCUT2D eigenvalue weighted by molar-refractivity contribution is 5.35. The molecule has 2 bridgehead atoms. The molecule has 1 aromatic carbocycles. The van der Waals surface area contributed by atoms with Gasteiger partial charge in [0.15, 0.2) is 0 Å². The summed E-state index contributed by atoms with van der Waals surface area (Å²) in [6, 6.07) is 6.44. The maximum absolute atomic E-state index is 12.5. The highest BCUT2D eigenvalue weighted by atomic mass is 19.3. The van der Waals surface area contributed by atoms with Crippen molar-refractivity contribution in [1.29, 1.82) is 0 Å². The zero-order valence-corrected chi connectivity index (χ0v) is 12.2. The third-order valence-electron chi connectivity index (χ3n) is 4.25. The van der Waals surface area contributed by atoms with E-state index in [9.17, 15) is 13.9 Å². The average Bonchev–Trinajstić information content (AvgIpc) is 2.84. The lowest BCUT2D eigenvalue weighted by Crippen LogP contribution is -2.32. The van der Waals surface area contributed by atoms with Crippen LogP contribution in [0.1, 0.15) is 37.4 Å². The first-order valence-electron chi connectivity index (χ1n) is 7.61. The highest BCUT2D eigenvalue weighted by Gasteiger charge is 2.36. The van der Waals surface area contributed by atoms with E-state index in [4.69, 9.17) is 9.47 Å². The summed E-state index contributed by atoms with van der Waals surface area (Å²) >= 11 is 0. The SMILES string of the molecule is OCC(OC1CC2CCC(C1)O2)c1ccccc1OC(F)F. The molecule has 0 spiro atoms. The van der Waals surface area contributed by atoms with Crippen LogP contribution in [0.5, 0.6) is 5.75 Å². The van der Waals surface area contributed by atoms with Crippen LogP contribution < -0.4 is 4.74 Å². The lowest BCUT2D eigenvalue weighted by molar-refractivity contribution is -0.116. The second kappa shape index (κ2) is 6.89. The Morgan fingerprint density at radius 1 is 1.18 bits per heavy atom. The molecule has 0 saturated carbocycles. The quantitative estimate of drug-likeness (QED) is 0.877. The summed E-state index contributed by atoms with van der Waals surface area (Å²) in [5, 5.41) is 9.62. The largest absolute Gasteiger partial charge is 0.434 e. The third kappa shape index (κ3) is 3.56. The van der Waals surface area contributed by atoms with Gasteiger partial charge in [-0.15, -0.1) is 0 Å². The number of aliphatic hydroxyl groups is 1. The van der Waals surface area contributed by atoms with Crippen molar-refractivity contribution >= 4 is 0 Å². The Labute approximate surface area is 128 Å². The van der Waals surface area contributed by atoms with Gasteiger partial charge in [-0.3, -0.25) is 0 Å². The Morgan fingerprint density at radius 2 is 1.86 bits per heavy atom. The van der Waals surface area contributed by atoms with Crippen LogP contribution >= 0.6 is 0 Å².